The Morgan fingerprint density at radius 2 is 2.12 bits per heavy atom. The maximum Gasteiger partial charge on any atom is 0.354 e. The van der Waals surface area contributed by atoms with Crippen LogP contribution < -0.4 is 0 Å². The minimum Gasteiger partial charge on any atom is -0.477 e. The van der Waals surface area contributed by atoms with Gasteiger partial charge in [0.15, 0.2) is 0 Å². The number of carboxylic acids is 1. The molecule has 17 heavy (non-hydrogen) atoms. The molecule has 0 spiro atoms. The quantitative estimate of drug-likeness (QED) is 0.565. The van der Waals surface area contributed by atoms with E-state index in [1.54, 1.807) is 24.0 Å². The summed E-state index contributed by atoms with van der Waals surface area (Å²) in [6, 6.07) is 3.50. The van der Waals surface area contributed by atoms with E-state index >= 15 is 0 Å². The zero-order chi connectivity index (χ0) is 12.5. The Morgan fingerprint density at radius 3 is 2.82 bits per heavy atom. The highest BCUT2D eigenvalue weighted by Gasteiger charge is 2.04. The molecule has 1 N–H and O–H groups in total. The molecule has 0 bridgehead atoms. The predicted octanol–water partition coefficient (Wildman–Crippen LogP) is 3.84. The lowest BCUT2D eigenvalue weighted by molar-refractivity contribution is 0.0690. The fourth-order valence-electron chi connectivity index (χ4n) is 1.51. The maximum atomic E-state index is 10.7. The number of carboxylic acid groups (broad SMARTS) is 1. The van der Waals surface area contributed by atoms with Crippen molar-refractivity contribution in [2.24, 2.45) is 0 Å². The molecule has 1 aromatic rings. The molecule has 4 heteroatoms. The summed E-state index contributed by atoms with van der Waals surface area (Å²) in [5.74, 6) is 0.0858. The topological polar surface area (TPSA) is 50.2 Å². The Balaban J connectivity index is 2.27. The third-order valence-corrected chi connectivity index (χ3v) is 3.55. The van der Waals surface area contributed by atoms with Crippen LogP contribution in [0.5, 0.6) is 0 Å². The number of unbranched alkanes of at least 4 members (excludes halogenated alkanes) is 4. The lowest BCUT2D eigenvalue weighted by Crippen LogP contribution is -1.99. The largest absolute Gasteiger partial charge is 0.477 e. The molecule has 1 heterocycles. The van der Waals surface area contributed by atoms with Crippen molar-refractivity contribution in [3.8, 4) is 0 Å². The van der Waals surface area contributed by atoms with E-state index < -0.39 is 5.97 Å². The molecule has 0 radical (unpaired) electrons. The number of aromatic carboxylic acids is 1. The minimum atomic E-state index is -0.963. The molecule has 0 fully saturated rings. The van der Waals surface area contributed by atoms with Crippen molar-refractivity contribution in [1.82, 2.24) is 4.98 Å². The van der Waals surface area contributed by atoms with Crippen molar-refractivity contribution >= 4 is 17.7 Å². The first-order valence-electron chi connectivity index (χ1n) is 6.06. The van der Waals surface area contributed by atoms with Gasteiger partial charge in [0, 0.05) is 11.1 Å². The van der Waals surface area contributed by atoms with E-state index in [0.717, 1.165) is 10.6 Å². The van der Waals surface area contributed by atoms with Gasteiger partial charge >= 0.3 is 5.97 Å². The fraction of sp³-hybridized carbons (Fsp3) is 0.538. The van der Waals surface area contributed by atoms with Crippen molar-refractivity contribution in [3.05, 3.63) is 24.0 Å². The van der Waals surface area contributed by atoms with Gasteiger partial charge in [-0.2, -0.15) is 0 Å². The highest BCUT2D eigenvalue weighted by Crippen LogP contribution is 2.20. The SMILES string of the molecule is CCCCCCCSc1ccnc(C(=O)O)c1. The van der Waals surface area contributed by atoms with Gasteiger partial charge in [-0.25, -0.2) is 9.78 Å². The lowest BCUT2D eigenvalue weighted by Gasteiger charge is -2.02. The van der Waals surface area contributed by atoms with Gasteiger partial charge in [-0.15, -0.1) is 11.8 Å². The van der Waals surface area contributed by atoms with Crippen molar-refractivity contribution in [2.45, 2.75) is 43.9 Å². The molecule has 94 valence electrons. The fourth-order valence-corrected chi connectivity index (χ4v) is 2.45. The van der Waals surface area contributed by atoms with Crippen molar-refractivity contribution in [3.63, 3.8) is 0 Å². The van der Waals surface area contributed by atoms with Crippen LogP contribution >= 0.6 is 11.8 Å². The Bertz CT molecular complexity index is 355. The standard InChI is InChI=1S/C13H19NO2S/c1-2-3-4-5-6-9-17-11-7-8-14-12(10-11)13(15)16/h7-8,10H,2-6,9H2,1H3,(H,15,16). The van der Waals surface area contributed by atoms with Gasteiger partial charge in [0.05, 0.1) is 0 Å². The van der Waals surface area contributed by atoms with E-state index in [0.29, 0.717) is 0 Å². The summed E-state index contributed by atoms with van der Waals surface area (Å²) in [7, 11) is 0. The molecule has 1 rings (SSSR count). The smallest absolute Gasteiger partial charge is 0.354 e. The first kappa shape index (κ1) is 14.0. The number of thioether (sulfide) groups is 1. The van der Waals surface area contributed by atoms with Crippen LogP contribution in [-0.2, 0) is 0 Å². The van der Waals surface area contributed by atoms with Crippen LogP contribution in [0.2, 0.25) is 0 Å². The summed E-state index contributed by atoms with van der Waals surface area (Å²) in [5, 5.41) is 8.81. The molecule has 1 aromatic heterocycles. The number of hydrogen-bond acceptors (Lipinski definition) is 3. The molecule has 0 saturated heterocycles. The number of pyridine rings is 1. The van der Waals surface area contributed by atoms with Crippen LogP contribution in [0.4, 0.5) is 0 Å². The summed E-state index contributed by atoms with van der Waals surface area (Å²) < 4.78 is 0. The van der Waals surface area contributed by atoms with Gasteiger partial charge in [0.25, 0.3) is 0 Å². The molecular weight excluding hydrogens is 234 g/mol. The maximum absolute atomic E-state index is 10.7. The Labute approximate surface area is 107 Å². The van der Waals surface area contributed by atoms with Crippen LogP contribution in [0, 0.1) is 0 Å². The zero-order valence-corrected chi connectivity index (χ0v) is 11.0. The second-order valence-electron chi connectivity index (χ2n) is 3.94. The van der Waals surface area contributed by atoms with Crippen molar-refractivity contribution in [1.29, 1.82) is 0 Å². The second kappa shape index (κ2) is 8.12. The zero-order valence-electron chi connectivity index (χ0n) is 10.2. The first-order valence-corrected chi connectivity index (χ1v) is 7.04. The summed E-state index contributed by atoms with van der Waals surface area (Å²) in [5.41, 5.74) is 0.126. The lowest BCUT2D eigenvalue weighted by atomic mass is 10.2. The summed E-state index contributed by atoms with van der Waals surface area (Å²) in [4.78, 5) is 15.5. The van der Waals surface area contributed by atoms with Crippen LogP contribution in [0.15, 0.2) is 23.2 Å². The van der Waals surface area contributed by atoms with E-state index in [9.17, 15) is 4.79 Å². The first-order chi connectivity index (χ1) is 8.24. The summed E-state index contributed by atoms with van der Waals surface area (Å²) in [6.45, 7) is 2.21. The molecule has 0 atom stereocenters. The average Bonchev–Trinajstić information content (AvgIpc) is 2.34. The van der Waals surface area contributed by atoms with E-state index in [4.69, 9.17) is 5.11 Å². The van der Waals surface area contributed by atoms with Crippen molar-refractivity contribution < 1.29 is 9.90 Å². The Kier molecular flexibility index (Phi) is 6.70. The van der Waals surface area contributed by atoms with E-state index in [2.05, 4.69) is 11.9 Å². The third-order valence-electron chi connectivity index (χ3n) is 2.47. The normalized spacial score (nSPS) is 10.4. The predicted molar refractivity (Wildman–Crippen MR) is 70.7 cm³/mol. The Hall–Kier alpha value is -1.03. The summed E-state index contributed by atoms with van der Waals surface area (Å²) >= 11 is 1.71. The van der Waals surface area contributed by atoms with Crippen LogP contribution in [0.1, 0.15) is 49.5 Å². The van der Waals surface area contributed by atoms with E-state index in [1.165, 1.54) is 32.1 Å². The van der Waals surface area contributed by atoms with E-state index in [1.807, 2.05) is 6.07 Å². The third kappa shape index (κ3) is 5.73. The van der Waals surface area contributed by atoms with Gasteiger partial charge in [-0.1, -0.05) is 32.6 Å². The van der Waals surface area contributed by atoms with Gasteiger partial charge in [0.1, 0.15) is 5.69 Å². The van der Waals surface area contributed by atoms with Gasteiger partial charge in [0.2, 0.25) is 0 Å². The van der Waals surface area contributed by atoms with Crippen LogP contribution in [0.3, 0.4) is 0 Å². The molecule has 0 aliphatic rings. The number of aromatic nitrogens is 1. The van der Waals surface area contributed by atoms with Gasteiger partial charge in [-0.05, 0) is 24.3 Å². The minimum absolute atomic E-state index is 0.126. The van der Waals surface area contributed by atoms with Crippen molar-refractivity contribution in [2.75, 3.05) is 5.75 Å². The highest BCUT2D eigenvalue weighted by molar-refractivity contribution is 7.99. The molecule has 0 amide bonds. The highest BCUT2D eigenvalue weighted by atomic mass is 32.2. The monoisotopic (exact) mass is 253 g/mol. The van der Waals surface area contributed by atoms with Crippen LogP contribution in [0.25, 0.3) is 0 Å². The molecule has 0 unspecified atom stereocenters. The molecule has 0 aromatic carbocycles. The number of rotatable bonds is 8. The van der Waals surface area contributed by atoms with E-state index in [-0.39, 0.29) is 5.69 Å². The molecular formula is C13H19NO2S. The average molecular weight is 253 g/mol. The molecule has 0 aliphatic heterocycles. The molecule has 0 aliphatic carbocycles. The number of hydrogen-bond donors (Lipinski definition) is 1. The van der Waals surface area contributed by atoms with Crippen LogP contribution in [-0.4, -0.2) is 21.8 Å². The molecule has 3 nitrogen and oxygen atoms in total. The molecule has 0 saturated carbocycles. The van der Waals surface area contributed by atoms with Gasteiger partial charge < -0.3 is 5.11 Å². The second-order valence-corrected chi connectivity index (χ2v) is 5.11. The summed E-state index contributed by atoms with van der Waals surface area (Å²) in [6.07, 6.45) is 7.88. The Morgan fingerprint density at radius 1 is 1.35 bits per heavy atom. The van der Waals surface area contributed by atoms with Gasteiger partial charge in [-0.3, -0.25) is 0 Å². The number of nitrogens with zero attached hydrogens (tertiary/aromatic N) is 1. The number of carbonyl (C=O) groups is 1.